The summed E-state index contributed by atoms with van der Waals surface area (Å²) in [4.78, 5) is 26.1. The van der Waals surface area contributed by atoms with Crippen molar-refractivity contribution in [1.29, 1.82) is 0 Å². The number of thioether (sulfide) groups is 4. The van der Waals surface area contributed by atoms with Gasteiger partial charge in [0.15, 0.2) is 0 Å². The number of hydrogen-bond donors (Lipinski definition) is 2. The standard InChI is InChI=1S/C18H33NO2S6/c20-17-15-16(3-1-7-24-11-13-26-9-5-22)18(21)19(17)4-2-8-25-12-14-27-10-6-23/h16,22-23H,1-15H2. The van der Waals surface area contributed by atoms with Crippen molar-refractivity contribution in [3.63, 3.8) is 0 Å². The molecular weight excluding hydrogens is 455 g/mol. The second-order valence-corrected chi connectivity index (χ2v) is 12.0. The lowest BCUT2D eigenvalue weighted by Crippen LogP contribution is -2.32. The van der Waals surface area contributed by atoms with Crippen molar-refractivity contribution in [1.82, 2.24) is 4.90 Å². The van der Waals surface area contributed by atoms with Crippen LogP contribution in [0.5, 0.6) is 0 Å². The molecule has 0 bridgehead atoms. The maximum atomic E-state index is 12.5. The van der Waals surface area contributed by atoms with E-state index in [0.717, 1.165) is 71.0 Å². The Balaban J connectivity index is 2.05. The number of amides is 2. The van der Waals surface area contributed by atoms with E-state index >= 15 is 0 Å². The van der Waals surface area contributed by atoms with Crippen LogP contribution >= 0.6 is 72.3 Å². The Morgan fingerprint density at radius 2 is 1.30 bits per heavy atom. The van der Waals surface area contributed by atoms with Gasteiger partial charge in [-0.15, -0.1) is 0 Å². The predicted octanol–water partition coefficient (Wildman–Crippen LogP) is 4.32. The molecule has 1 atom stereocenters. The van der Waals surface area contributed by atoms with Crippen LogP contribution in [-0.2, 0) is 9.59 Å². The summed E-state index contributed by atoms with van der Waals surface area (Å²) in [6.45, 7) is 0.599. The predicted molar refractivity (Wildman–Crippen MR) is 136 cm³/mol. The van der Waals surface area contributed by atoms with Gasteiger partial charge in [-0.3, -0.25) is 14.5 Å². The first-order valence-corrected chi connectivity index (χ1v) is 15.5. The van der Waals surface area contributed by atoms with Crippen molar-refractivity contribution in [2.24, 2.45) is 5.92 Å². The van der Waals surface area contributed by atoms with Crippen LogP contribution in [0.15, 0.2) is 0 Å². The summed E-state index contributed by atoms with van der Waals surface area (Å²) in [7, 11) is 0. The molecule has 9 heteroatoms. The van der Waals surface area contributed by atoms with Crippen LogP contribution in [0, 0.1) is 5.92 Å². The van der Waals surface area contributed by atoms with Gasteiger partial charge < -0.3 is 0 Å². The minimum Gasteiger partial charge on any atom is -0.282 e. The number of carbonyl (C=O) groups is 2. The molecule has 0 saturated carbocycles. The first kappa shape index (κ1) is 26.3. The van der Waals surface area contributed by atoms with Crippen LogP contribution in [0.4, 0.5) is 0 Å². The summed E-state index contributed by atoms with van der Waals surface area (Å²) in [6, 6.07) is 0. The third-order valence-electron chi connectivity index (χ3n) is 4.06. The zero-order valence-electron chi connectivity index (χ0n) is 16.0. The van der Waals surface area contributed by atoms with Gasteiger partial charge in [-0.05, 0) is 42.3 Å². The number of rotatable bonds is 18. The Morgan fingerprint density at radius 1 is 0.778 bits per heavy atom. The SMILES string of the molecule is O=C1CC(CCCSCCSCCS)C(=O)N1CCCSCCSCCS. The molecule has 1 aliphatic rings. The number of carbonyl (C=O) groups excluding carboxylic acids is 2. The van der Waals surface area contributed by atoms with Crippen molar-refractivity contribution in [2.45, 2.75) is 25.7 Å². The molecular formula is C18H33NO2S6. The Morgan fingerprint density at radius 3 is 1.85 bits per heavy atom. The van der Waals surface area contributed by atoms with Gasteiger partial charge in [0, 0.05) is 53.4 Å². The molecule has 2 amide bonds. The Kier molecular flexibility index (Phi) is 17.6. The quantitative estimate of drug-likeness (QED) is 0.170. The molecule has 0 N–H and O–H groups in total. The number of hydrogen-bond acceptors (Lipinski definition) is 8. The second kappa shape index (κ2) is 18.0. The second-order valence-electron chi connectivity index (χ2n) is 6.18. The van der Waals surface area contributed by atoms with Gasteiger partial charge in [-0.2, -0.15) is 72.3 Å². The molecule has 0 aromatic carbocycles. The fraction of sp³-hybridized carbons (Fsp3) is 0.889. The van der Waals surface area contributed by atoms with E-state index in [-0.39, 0.29) is 17.7 Å². The van der Waals surface area contributed by atoms with Crippen LogP contribution in [0.1, 0.15) is 25.7 Å². The van der Waals surface area contributed by atoms with Crippen LogP contribution in [-0.4, -0.2) is 80.8 Å². The van der Waals surface area contributed by atoms with Crippen LogP contribution in [0.25, 0.3) is 0 Å². The number of nitrogens with zero attached hydrogens (tertiary/aromatic N) is 1. The topological polar surface area (TPSA) is 37.4 Å². The molecule has 1 fully saturated rings. The first-order chi connectivity index (χ1) is 13.2. The van der Waals surface area contributed by atoms with Gasteiger partial charge in [0.05, 0.1) is 0 Å². The van der Waals surface area contributed by atoms with Crippen LogP contribution in [0.3, 0.4) is 0 Å². The maximum absolute atomic E-state index is 12.5. The van der Waals surface area contributed by atoms with Crippen molar-refractivity contribution in [3.05, 3.63) is 0 Å². The molecule has 0 aromatic heterocycles. The minimum absolute atomic E-state index is 0.0372. The highest BCUT2D eigenvalue weighted by Gasteiger charge is 2.37. The molecule has 0 aromatic rings. The summed E-state index contributed by atoms with van der Waals surface area (Å²) in [5.74, 6) is 10.9. The third-order valence-corrected chi connectivity index (χ3v) is 9.74. The molecule has 1 unspecified atom stereocenters. The molecule has 0 aliphatic carbocycles. The Hall–Kier alpha value is 1.24. The molecule has 1 heterocycles. The van der Waals surface area contributed by atoms with E-state index < -0.39 is 0 Å². The number of imide groups is 1. The lowest BCUT2D eigenvalue weighted by Gasteiger charge is -2.14. The zero-order chi connectivity index (χ0) is 19.7. The highest BCUT2D eigenvalue weighted by Crippen LogP contribution is 2.25. The maximum Gasteiger partial charge on any atom is 0.232 e. The molecule has 1 rings (SSSR count). The molecule has 158 valence electrons. The highest BCUT2D eigenvalue weighted by atomic mass is 32.2. The summed E-state index contributed by atoms with van der Waals surface area (Å²) in [5, 5.41) is 0. The highest BCUT2D eigenvalue weighted by molar-refractivity contribution is 8.03. The first-order valence-electron chi connectivity index (χ1n) is 9.57. The van der Waals surface area contributed by atoms with Crippen molar-refractivity contribution in [2.75, 3.05) is 64.1 Å². The van der Waals surface area contributed by atoms with E-state index in [1.54, 1.807) is 0 Å². The van der Waals surface area contributed by atoms with Gasteiger partial charge in [0.2, 0.25) is 11.8 Å². The Bertz CT molecular complexity index is 413. The van der Waals surface area contributed by atoms with Gasteiger partial charge >= 0.3 is 0 Å². The largest absolute Gasteiger partial charge is 0.282 e. The molecule has 0 spiro atoms. The number of likely N-dealkylation sites (tertiary alicyclic amines) is 1. The van der Waals surface area contributed by atoms with E-state index in [9.17, 15) is 9.59 Å². The lowest BCUT2D eigenvalue weighted by atomic mass is 10.0. The smallest absolute Gasteiger partial charge is 0.232 e. The molecule has 1 saturated heterocycles. The third kappa shape index (κ3) is 12.5. The molecule has 3 nitrogen and oxygen atoms in total. The summed E-state index contributed by atoms with van der Waals surface area (Å²) < 4.78 is 0. The summed E-state index contributed by atoms with van der Waals surface area (Å²) in [6.07, 6.45) is 3.22. The van der Waals surface area contributed by atoms with E-state index in [0.29, 0.717) is 13.0 Å². The van der Waals surface area contributed by atoms with E-state index in [2.05, 4.69) is 25.3 Å². The average Bonchev–Trinajstić information content (AvgIpc) is 2.93. The fourth-order valence-corrected chi connectivity index (χ4v) is 7.18. The van der Waals surface area contributed by atoms with Gasteiger partial charge in [0.25, 0.3) is 0 Å². The molecule has 1 aliphatic heterocycles. The van der Waals surface area contributed by atoms with E-state index in [4.69, 9.17) is 0 Å². The van der Waals surface area contributed by atoms with Crippen LogP contribution in [0.2, 0.25) is 0 Å². The number of thiol groups is 2. The Labute approximate surface area is 193 Å². The minimum atomic E-state index is -0.0676. The van der Waals surface area contributed by atoms with Crippen molar-refractivity contribution in [3.8, 4) is 0 Å². The van der Waals surface area contributed by atoms with Gasteiger partial charge in [-0.25, -0.2) is 0 Å². The van der Waals surface area contributed by atoms with E-state index in [1.807, 2.05) is 47.0 Å². The van der Waals surface area contributed by atoms with Crippen LogP contribution < -0.4 is 0 Å². The molecule has 27 heavy (non-hydrogen) atoms. The van der Waals surface area contributed by atoms with Crippen molar-refractivity contribution >= 4 is 84.1 Å². The van der Waals surface area contributed by atoms with Gasteiger partial charge in [0.1, 0.15) is 0 Å². The van der Waals surface area contributed by atoms with Crippen molar-refractivity contribution < 1.29 is 9.59 Å². The molecule has 0 radical (unpaired) electrons. The lowest BCUT2D eigenvalue weighted by molar-refractivity contribution is -0.139. The summed E-state index contributed by atoms with van der Waals surface area (Å²) >= 11 is 16.1. The van der Waals surface area contributed by atoms with E-state index in [1.165, 1.54) is 10.7 Å². The normalized spacial score (nSPS) is 17.3. The summed E-state index contributed by atoms with van der Waals surface area (Å²) in [5.41, 5.74) is 0. The monoisotopic (exact) mass is 487 g/mol. The zero-order valence-corrected chi connectivity index (χ0v) is 21.0. The fourth-order valence-electron chi connectivity index (χ4n) is 2.74. The van der Waals surface area contributed by atoms with Gasteiger partial charge in [-0.1, -0.05) is 0 Å². The average molecular weight is 488 g/mol.